The van der Waals surface area contributed by atoms with Crippen LogP contribution in [0.25, 0.3) is 0 Å². The first-order valence-corrected chi connectivity index (χ1v) is 14.0. The molecule has 0 radical (unpaired) electrons. The summed E-state index contributed by atoms with van der Waals surface area (Å²) in [5, 5.41) is 2.44. The fourth-order valence-electron chi connectivity index (χ4n) is 4.41. The van der Waals surface area contributed by atoms with Gasteiger partial charge < -0.3 is 17.0 Å². The van der Waals surface area contributed by atoms with E-state index in [2.05, 4.69) is 34.8 Å². The summed E-state index contributed by atoms with van der Waals surface area (Å²) in [6.45, 7) is 3.27. The quantitative estimate of drug-likeness (QED) is 0.136. The second kappa shape index (κ2) is 16.2. The predicted octanol–water partition coefficient (Wildman–Crippen LogP) is 6.95. The fraction of sp³-hybridized carbons (Fsp3) is 0.464. The number of nitrogens with zero attached hydrogens (tertiary/aromatic N) is 2. The lowest BCUT2D eigenvalue weighted by atomic mass is 9.98. The molecule has 1 heterocycles. The van der Waals surface area contributed by atoms with Crippen LogP contribution in [-0.2, 0) is 6.54 Å². The van der Waals surface area contributed by atoms with Gasteiger partial charge in [0.15, 0.2) is 6.04 Å². The number of imidazole rings is 1. The van der Waals surface area contributed by atoms with Crippen molar-refractivity contribution in [2.75, 3.05) is 0 Å². The van der Waals surface area contributed by atoms with Crippen LogP contribution in [0, 0.1) is 0 Å². The topological polar surface area (TPSA) is 8.81 Å². The Morgan fingerprint density at radius 3 is 1.69 bits per heavy atom. The highest BCUT2D eigenvalue weighted by Crippen LogP contribution is 2.37. The van der Waals surface area contributed by atoms with E-state index in [1.807, 2.05) is 24.3 Å². The van der Waals surface area contributed by atoms with Gasteiger partial charge in [-0.05, 0) is 37.1 Å². The lowest BCUT2D eigenvalue weighted by molar-refractivity contribution is -0.697. The maximum absolute atomic E-state index is 6.62. The molecule has 0 saturated heterocycles. The van der Waals surface area contributed by atoms with Crippen molar-refractivity contribution in [1.82, 2.24) is 4.57 Å². The van der Waals surface area contributed by atoms with Crippen LogP contribution in [0.4, 0.5) is 0 Å². The SMILES string of the molecule is CCCCCCCCCCCC[n+]1ccn(C(c2ccc(Cl)cc2Cl)c2ccc(Cl)cc2Cl)c1.[Br-]. The summed E-state index contributed by atoms with van der Waals surface area (Å²) in [4.78, 5) is 0. The number of aryl methyl sites for hydroxylation is 1. The molecule has 0 atom stereocenters. The van der Waals surface area contributed by atoms with Gasteiger partial charge in [-0.15, -0.1) is 0 Å². The molecule has 0 bridgehead atoms. The molecule has 0 aliphatic rings. The van der Waals surface area contributed by atoms with Crippen molar-refractivity contribution < 1.29 is 21.5 Å². The van der Waals surface area contributed by atoms with E-state index in [0.717, 1.165) is 17.7 Å². The van der Waals surface area contributed by atoms with Crippen molar-refractivity contribution in [3.8, 4) is 0 Å². The van der Waals surface area contributed by atoms with Crippen molar-refractivity contribution in [1.29, 1.82) is 0 Å². The van der Waals surface area contributed by atoms with Crippen LogP contribution in [0.3, 0.4) is 0 Å². The van der Waals surface area contributed by atoms with Crippen LogP contribution >= 0.6 is 46.4 Å². The van der Waals surface area contributed by atoms with Crippen molar-refractivity contribution in [3.05, 3.63) is 86.3 Å². The van der Waals surface area contributed by atoms with E-state index in [9.17, 15) is 0 Å². The summed E-state index contributed by atoms with van der Waals surface area (Å²) < 4.78 is 4.39. The zero-order valence-corrected chi connectivity index (χ0v) is 24.9. The number of rotatable bonds is 14. The van der Waals surface area contributed by atoms with E-state index in [1.165, 1.54) is 64.2 Å². The zero-order valence-electron chi connectivity index (χ0n) is 20.3. The first kappa shape index (κ1) is 30.5. The van der Waals surface area contributed by atoms with Gasteiger partial charge in [0, 0.05) is 31.2 Å². The molecular weight excluding hydrogens is 586 g/mol. The third kappa shape index (κ3) is 9.59. The van der Waals surface area contributed by atoms with Crippen LogP contribution in [0.15, 0.2) is 55.1 Å². The van der Waals surface area contributed by atoms with Gasteiger partial charge in [0.2, 0.25) is 6.33 Å². The highest BCUT2D eigenvalue weighted by molar-refractivity contribution is 6.36. The number of hydrogen-bond donors (Lipinski definition) is 0. The van der Waals surface area contributed by atoms with Crippen LogP contribution in [0.2, 0.25) is 20.1 Å². The van der Waals surface area contributed by atoms with E-state index in [-0.39, 0.29) is 23.0 Å². The summed E-state index contributed by atoms with van der Waals surface area (Å²) in [6, 6.07) is 11.0. The largest absolute Gasteiger partial charge is 1.00 e. The molecule has 0 spiro atoms. The second-order valence-electron chi connectivity index (χ2n) is 9.01. The predicted molar refractivity (Wildman–Crippen MR) is 147 cm³/mol. The summed E-state index contributed by atoms with van der Waals surface area (Å²) in [6.07, 6.45) is 19.7. The minimum Gasteiger partial charge on any atom is -1.00 e. The van der Waals surface area contributed by atoms with Crippen LogP contribution < -0.4 is 21.5 Å². The number of halogens is 5. The standard InChI is InChI=1S/C28H35Cl4N2.BrH/c1-2-3-4-5-6-7-8-9-10-11-16-33-17-18-34(21-33)28(24-14-12-22(29)19-26(24)31)25-15-13-23(30)20-27(25)32;/h12-15,17-21,28H,2-11,16H2,1H3;1H/q+1;/p-1. The van der Waals surface area contributed by atoms with Crippen molar-refractivity contribution >= 4 is 46.4 Å². The molecule has 7 heteroatoms. The highest BCUT2D eigenvalue weighted by atomic mass is 79.9. The average molecular weight is 621 g/mol. The van der Waals surface area contributed by atoms with Crippen molar-refractivity contribution in [2.45, 2.75) is 83.7 Å². The van der Waals surface area contributed by atoms with Crippen molar-refractivity contribution in [3.63, 3.8) is 0 Å². The van der Waals surface area contributed by atoms with E-state index in [1.54, 1.807) is 12.1 Å². The van der Waals surface area contributed by atoms with Gasteiger partial charge in [0.1, 0.15) is 12.4 Å². The van der Waals surface area contributed by atoms with Crippen LogP contribution in [-0.4, -0.2) is 4.57 Å². The molecule has 35 heavy (non-hydrogen) atoms. The number of hydrogen-bond acceptors (Lipinski definition) is 0. The molecule has 2 aromatic carbocycles. The molecule has 0 aliphatic heterocycles. The van der Waals surface area contributed by atoms with Crippen molar-refractivity contribution in [2.24, 2.45) is 0 Å². The van der Waals surface area contributed by atoms with Crippen LogP contribution in [0.5, 0.6) is 0 Å². The van der Waals surface area contributed by atoms with Gasteiger partial charge >= 0.3 is 0 Å². The van der Waals surface area contributed by atoms with Gasteiger partial charge in [-0.25, -0.2) is 9.13 Å². The molecule has 3 aromatic rings. The maximum Gasteiger partial charge on any atom is 0.244 e. The minimum atomic E-state index is -0.177. The fourth-order valence-corrected chi connectivity index (χ4v) is 5.44. The Balaban J connectivity index is 0.00000432. The molecule has 0 aliphatic carbocycles. The molecule has 192 valence electrons. The summed E-state index contributed by atoms with van der Waals surface area (Å²) in [7, 11) is 0. The first-order valence-electron chi connectivity index (χ1n) is 12.5. The van der Waals surface area contributed by atoms with E-state index >= 15 is 0 Å². The Labute approximate surface area is 241 Å². The van der Waals surface area contributed by atoms with E-state index in [4.69, 9.17) is 46.4 Å². The summed E-state index contributed by atoms with van der Waals surface area (Å²) in [5.41, 5.74) is 1.88. The van der Waals surface area contributed by atoms with Gasteiger partial charge in [-0.2, -0.15) is 0 Å². The number of aromatic nitrogens is 2. The molecule has 0 fully saturated rings. The Hall–Kier alpha value is -0.710. The first-order chi connectivity index (χ1) is 16.5. The third-order valence-corrected chi connectivity index (χ3v) is 7.42. The van der Waals surface area contributed by atoms with Gasteiger partial charge in [0.05, 0.1) is 6.54 Å². The monoisotopic (exact) mass is 618 g/mol. The summed E-state index contributed by atoms with van der Waals surface area (Å²) in [5.74, 6) is 0. The van der Waals surface area contributed by atoms with Crippen LogP contribution in [0.1, 0.15) is 88.3 Å². The Morgan fingerprint density at radius 2 is 1.20 bits per heavy atom. The normalized spacial score (nSPS) is 11.1. The Morgan fingerprint density at radius 1 is 0.714 bits per heavy atom. The Bertz CT molecular complexity index is 986. The van der Waals surface area contributed by atoms with Gasteiger partial charge in [-0.3, -0.25) is 0 Å². The third-order valence-electron chi connectivity index (χ3n) is 6.29. The molecule has 0 saturated carbocycles. The summed E-state index contributed by atoms with van der Waals surface area (Å²) >= 11 is 25.6. The minimum absolute atomic E-state index is 0. The van der Waals surface area contributed by atoms with Gasteiger partial charge in [-0.1, -0.05) is 117 Å². The lowest BCUT2D eigenvalue weighted by Gasteiger charge is -2.18. The molecule has 0 unspecified atom stereocenters. The number of benzene rings is 2. The molecular formula is C28H35BrCl4N2. The molecule has 0 amide bonds. The molecule has 2 nitrogen and oxygen atoms in total. The smallest absolute Gasteiger partial charge is 0.244 e. The van der Waals surface area contributed by atoms with E-state index in [0.29, 0.717) is 20.1 Å². The lowest BCUT2D eigenvalue weighted by Crippen LogP contribution is -3.00. The molecule has 0 N–H and O–H groups in total. The Kier molecular flexibility index (Phi) is 14.1. The molecule has 3 rings (SSSR count). The highest BCUT2D eigenvalue weighted by Gasteiger charge is 2.26. The van der Waals surface area contributed by atoms with Gasteiger partial charge in [0.25, 0.3) is 0 Å². The maximum atomic E-state index is 6.62. The van der Waals surface area contributed by atoms with E-state index < -0.39 is 0 Å². The molecule has 1 aromatic heterocycles. The average Bonchev–Trinajstić information content (AvgIpc) is 3.26. The zero-order chi connectivity index (χ0) is 24.3. The second-order valence-corrected chi connectivity index (χ2v) is 10.7. The number of unbranched alkanes of at least 4 members (excludes halogenated alkanes) is 9.